The fraction of sp³-hybridized carbons (Fsp3) is 0.400. The molecule has 3 amide bonds. The van der Waals surface area contributed by atoms with Gasteiger partial charge >= 0.3 is 0 Å². The Morgan fingerprint density at radius 3 is 2.71 bits per heavy atom. The summed E-state index contributed by atoms with van der Waals surface area (Å²) in [5.41, 5.74) is 6.85. The van der Waals surface area contributed by atoms with Crippen LogP contribution in [-0.2, 0) is 14.4 Å². The van der Waals surface area contributed by atoms with Crippen molar-refractivity contribution in [3.8, 4) is 0 Å². The zero-order valence-electron chi connectivity index (χ0n) is 11.9. The standard InChI is InChI=1S/C15H19N3O3/c1-18-14(20)8-7-12(15(18)21)17-13(19)9-11(16)10-5-3-2-4-6-10/h2-6,11-12H,7-9,16H2,1H3,(H,17,19). The van der Waals surface area contributed by atoms with Gasteiger partial charge in [0, 0.05) is 25.9 Å². The molecule has 1 heterocycles. The van der Waals surface area contributed by atoms with Crippen LogP contribution in [0.4, 0.5) is 0 Å². The van der Waals surface area contributed by atoms with Gasteiger partial charge in [-0.2, -0.15) is 0 Å². The molecule has 0 aromatic heterocycles. The number of hydrogen-bond acceptors (Lipinski definition) is 4. The first-order valence-corrected chi connectivity index (χ1v) is 6.89. The van der Waals surface area contributed by atoms with Crippen LogP contribution in [0.15, 0.2) is 30.3 Å². The summed E-state index contributed by atoms with van der Waals surface area (Å²) in [6.45, 7) is 0. The van der Waals surface area contributed by atoms with E-state index in [1.54, 1.807) is 0 Å². The zero-order valence-corrected chi connectivity index (χ0v) is 11.9. The van der Waals surface area contributed by atoms with Crippen LogP contribution in [0.5, 0.6) is 0 Å². The predicted octanol–water partition coefficient (Wildman–Crippen LogP) is 0.340. The molecule has 0 aliphatic carbocycles. The van der Waals surface area contributed by atoms with Crippen LogP contribution >= 0.6 is 0 Å². The smallest absolute Gasteiger partial charge is 0.251 e. The van der Waals surface area contributed by atoms with E-state index in [1.165, 1.54) is 7.05 Å². The molecule has 21 heavy (non-hydrogen) atoms. The molecule has 0 radical (unpaired) electrons. The van der Waals surface area contributed by atoms with E-state index in [1.807, 2.05) is 30.3 Å². The number of piperidine rings is 1. The molecular formula is C15H19N3O3. The Morgan fingerprint density at radius 1 is 1.38 bits per heavy atom. The molecule has 1 aromatic rings. The highest BCUT2D eigenvalue weighted by molar-refractivity contribution is 6.01. The number of carbonyl (C=O) groups is 3. The van der Waals surface area contributed by atoms with E-state index >= 15 is 0 Å². The summed E-state index contributed by atoms with van der Waals surface area (Å²) < 4.78 is 0. The van der Waals surface area contributed by atoms with Crippen molar-refractivity contribution in [2.24, 2.45) is 5.73 Å². The van der Waals surface area contributed by atoms with E-state index in [9.17, 15) is 14.4 Å². The van der Waals surface area contributed by atoms with Crippen LogP contribution in [0, 0.1) is 0 Å². The van der Waals surface area contributed by atoms with E-state index in [0.29, 0.717) is 6.42 Å². The lowest BCUT2D eigenvalue weighted by Gasteiger charge is -2.28. The van der Waals surface area contributed by atoms with E-state index in [2.05, 4.69) is 5.32 Å². The lowest BCUT2D eigenvalue weighted by Crippen LogP contribution is -2.53. The normalized spacial score (nSPS) is 20.3. The second-order valence-electron chi connectivity index (χ2n) is 5.17. The predicted molar refractivity (Wildman–Crippen MR) is 76.9 cm³/mol. The second-order valence-corrected chi connectivity index (χ2v) is 5.17. The summed E-state index contributed by atoms with van der Waals surface area (Å²) in [7, 11) is 1.43. The van der Waals surface area contributed by atoms with Gasteiger partial charge in [0.1, 0.15) is 6.04 Å². The minimum Gasteiger partial charge on any atom is -0.344 e. The van der Waals surface area contributed by atoms with Gasteiger partial charge in [-0.3, -0.25) is 19.3 Å². The molecule has 1 fully saturated rings. The van der Waals surface area contributed by atoms with E-state index < -0.39 is 12.1 Å². The van der Waals surface area contributed by atoms with Gasteiger partial charge in [-0.1, -0.05) is 30.3 Å². The van der Waals surface area contributed by atoms with E-state index in [4.69, 9.17) is 5.73 Å². The van der Waals surface area contributed by atoms with Gasteiger partial charge in [-0.15, -0.1) is 0 Å². The van der Waals surface area contributed by atoms with Gasteiger partial charge < -0.3 is 11.1 Å². The molecule has 0 bridgehead atoms. The van der Waals surface area contributed by atoms with Crippen LogP contribution in [0.1, 0.15) is 30.9 Å². The molecule has 112 valence electrons. The molecule has 0 spiro atoms. The monoisotopic (exact) mass is 289 g/mol. The Hall–Kier alpha value is -2.21. The molecule has 6 heteroatoms. The number of nitrogens with zero attached hydrogens (tertiary/aromatic N) is 1. The summed E-state index contributed by atoms with van der Waals surface area (Å²) >= 11 is 0. The number of likely N-dealkylation sites (N-methyl/N-ethyl adjacent to an activating group) is 1. The Morgan fingerprint density at radius 2 is 2.05 bits per heavy atom. The van der Waals surface area contributed by atoms with Gasteiger partial charge in [-0.25, -0.2) is 0 Å². The Labute approximate surface area is 123 Å². The lowest BCUT2D eigenvalue weighted by atomic mass is 10.0. The van der Waals surface area contributed by atoms with Crippen LogP contribution < -0.4 is 11.1 Å². The summed E-state index contributed by atoms with van der Waals surface area (Å²) in [6.07, 6.45) is 0.706. The SMILES string of the molecule is CN1C(=O)CCC(NC(=O)CC(N)c2ccccc2)C1=O. The third-order valence-electron chi connectivity index (χ3n) is 3.62. The van der Waals surface area contributed by atoms with Crippen molar-refractivity contribution in [3.05, 3.63) is 35.9 Å². The third kappa shape index (κ3) is 3.66. The number of hydrogen-bond donors (Lipinski definition) is 2. The summed E-state index contributed by atoms with van der Waals surface area (Å²) in [6, 6.07) is 8.26. The van der Waals surface area contributed by atoms with Gasteiger partial charge in [0.25, 0.3) is 5.91 Å². The Bertz CT molecular complexity index is 544. The highest BCUT2D eigenvalue weighted by Gasteiger charge is 2.32. The molecule has 0 saturated carbocycles. The maximum atomic E-state index is 12.0. The average Bonchev–Trinajstić information content (AvgIpc) is 2.49. The first-order valence-electron chi connectivity index (χ1n) is 6.89. The number of nitrogens with two attached hydrogens (primary N) is 1. The number of benzene rings is 1. The van der Waals surface area contributed by atoms with Crippen molar-refractivity contribution < 1.29 is 14.4 Å². The third-order valence-corrected chi connectivity index (χ3v) is 3.62. The number of carbonyl (C=O) groups excluding carboxylic acids is 3. The van der Waals surface area contributed by atoms with Gasteiger partial charge in [-0.05, 0) is 12.0 Å². The number of likely N-dealkylation sites (tertiary alicyclic amines) is 1. The van der Waals surface area contributed by atoms with Crippen molar-refractivity contribution in [2.75, 3.05) is 7.05 Å². The molecule has 6 nitrogen and oxygen atoms in total. The lowest BCUT2D eigenvalue weighted by molar-refractivity contribution is -0.149. The average molecular weight is 289 g/mol. The molecule has 1 aliphatic rings. The van der Waals surface area contributed by atoms with Crippen LogP contribution in [-0.4, -0.2) is 35.7 Å². The van der Waals surface area contributed by atoms with Crippen LogP contribution in [0.2, 0.25) is 0 Å². The Kier molecular flexibility index (Phi) is 4.70. The quantitative estimate of drug-likeness (QED) is 0.782. The first-order chi connectivity index (χ1) is 9.99. The number of nitrogens with one attached hydrogen (secondary N) is 1. The van der Waals surface area contributed by atoms with E-state index in [-0.39, 0.29) is 30.6 Å². The molecule has 2 rings (SSSR count). The minimum absolute atomic E-state index is 0.103. The molecule has 1 aromatic carbocycles. The van der Waals surface area contributed by atoms with Crippen LogP contribution in [0.25, 0.3) is 0 Å². The first kappa shape index (κ1) is 15.2. The van der Waals surface area contributed by atoms with Crippen LogP contribution in [0.3, 0.4) is 0 Å². The fourth-order valence-corrected chi connectivity index (χ4v) is 2.32. The Balaban J connectivity index is 1.90. The number of imide groups is 1. The molecule has 1 aliphatic heterocycles. The molecule has 1 saturated heterocycles. The highest BCUT2D eigenvalue weighted by Crippen LogP contribution is 2.15. The number of rotatable bonds is 4. The summed E-state index contributed by atoms with van der Waals surface area (Å²) in [5, 5.41) is 2.66. The zero-order chi connectivity index (χ0) is 15.4. The summed E-state index contributed by atoms with van der Waals surface area (Å²) in [4.78, 5) is 36.3. The van der Waals surface area contributed by atoms with Gasteiger partial charge in [0.15, 0.2) is 0 Å². The van der Waals surface area contributed by atoms with Crippen molar-refractivity contribution in [1.29, 1.82) is 0 Å². The maximum absolute atomic E-state index is 12.0. The summed E-state index contributed by atoms with van der Waals surface area (Å²) in [5.74, 6) is -0.869. The topological polar surface area (TPSA) is 92.5 Å². The minimum atomic E-state index is -0.636. The van der Waals surface area contributed by atoms with Crippen molar-refractivity contribution >= 4 is 17.7 Å². The fourth-order valence-electron chi connectivity index (χ4n) is 2.32. The molecule has 2 unspecified atom stereocenters. The van der Waals surface area contributed by atoms with Crippen molar-refractivity contribution in [2.45, 2.75) is 31.3 Å². The highest BCUT2D eigenvalue weighted by atomic mass is 16.2. The van der Waals surface area contributed by atoms with Gasteiger partial charge in [0.2, 0.25) is 11.8 Å². The second kappa shape index (κ2) is 6.49. The van der Waals surface area contributed by atoms with E-state index in [0.717, 1.165) is 10.5 Å². The molecule has 3 N–H and O–H groups in total. The van der Waals surface area contributed by atoms with Gasteiger partial charge in [0.05, 0.1) is 0 Å². The maximum Gasteiger partial charge on any atom is 0.251 e. The largest absolute Gasteiger partial charge is 0.344 e. The van der Waals surface area contributed by atoms with Crippen molar-refractivity contribution in [3.63, 3.8) is 0 Å². The number of amides is 3. The van der Waals surface area contributed by atoms with Crippen molar-refractivity contribution in [1.82, 2.24) is 10.2 Å². The molecular weight excluding hydrogens is 270 g/mol. The molecule has 2 atom stereocenters.